The first-order valence-electron chi connectivity index (χ1n) is 5.83. The number of hydrogen-bond donors (Lipinski definition) is 1. The van der Waals surface area contributed by atoms with Gasteiger partial charge in [-0.1, -0.05) is 18.2 Å². The van der Waals surface area contributed by atoms with Crippen LogP contribution in [0.25, 0.3) is 0 Å². The Kier molecular flexibility index (Phi) is 3.33. The average Bonchev–Trinajstić information content (AvgIpc) is 2.67. The Bertz CT molecular complexity index is 592. The van der Waals surface area contributed by atoms with Crippen LogP contribution in [-0.4, -0.2) is 9.78 Å². The number of para-hydroxylation sites is 1. The number of aryl methyl sites for hydroxylation is 3. The third-order valence-corrected chi connectivity index (χ3v) is 2.94. The van der Waals surface area contributed by atoms with Crippen LogP contribution in [0.2, 0.25) is 0 Å². The first kappa shape index (κ1) is 12.2. The van der Waals surface area contributed by atoms with Crippen LogP contribution in [0.4, 0.5) is 5.69 Å². The quantitative estimate of drug-likeness (QED) is 0.897. The van der Waals surface area contributed by atoms with Crippen molar-refractivity contribution in [2.75, 3.05) is 5.32 Å². The molecule has 1 N–H and O–H groups in total. The molecule has 0 amide bonds. The minimum absolute atomic E-state index is 0.375. The van der Waals surface area contributed by atoms with Gasteiger partial charge in [0.2, 0.25) is 0 Å². The number of benzene rings is 1. The van der Waals surface area contributed by atoms with Crippen LogP contribution in [0.1, 0.15) is 22.9 Å². The van der Waals surface area contributed by atoms with Gasteiger partial charge in [-0.25, -0.2) is 0 Å². The number of rotatable bonds is 3. The van der Waals surface area contributed by atoms with E-state index in [9.17, 15) is 5.26 Å². The van der Waals surface area contributed by atoms with Crippen LogP contribution in [0.3, 0.4) is 0 Å². The third-order valence-electron chi connectivity index (χ3n) is 2.94. The number of nitriles is 1. The van der Waals surface area contributed by atoms with E-state index in [4.69, 9.17) is 0 Å². The number of nitrogens with one attached hydrogen (secondary N) is 1. The van der Waals surface area contributed by atoms with Crippen molar-refractivity contribution in [3.8, 4) is 6.07 Å². The minimum atomic E-state index is -0.375. The Morgan fingerprint density at radius 2 is 2.06 bits per heavy atom. The number of anilines is 1. The molecule has 0 aliphatic heterocycles. The van der Waals surface area contributed by atoms with E-state index in [0.29, 0.717) is 0 Å². The van der Waals surface area contributed by atoms with Crippen molar-refractivity contribution in [3.05, 3.63) is 47.3 Å². The highest BCUT2D eigenvalue weighted by Gasteiger charge is 2.16. The summed E-state index contributed by atoms with van der Waals surface area (Å²) in [5, 5.41) is 16.8. The lowest BCUT2D eigenvalue weighted by molar-refractivity contribution is 0.756. The van der Waals surface area contributed by atoms with Gasteiger partial charge in [0, 0.05) is 24.5 Å². The zero-order valence-corrected chi connectivity index (χ0v) is 10.8. The number of nitrogens with zero attached hydrogens (tertiary/aromatic N) is 3. The van der Waals surface area contributed by atoms with Crippen molar-refractivity contribution in [2.45, 2.75) is 19.9 Å². The summed E-state index contributed by atoms with van der Waals surface area (Å²) in [6, 6.07) is 9.85. The van der Waals surface area contributed by atoms with E-state index in [0.717, 1.165) is 22.5 Å². The molecule has 0 saturated carbocycles. The van der Waals surface area contributed by atoms with Gasteiger partial charge < -0.3 is 5.32 Å². The molecule has 0 spiro atoms. The molecule has 0 radical (unpaired) electrons. The van der Waals surface area contributed by atoms with Gasteiger partial charge in [-0.05, 0) is 25.5 Å². The Hall–Kier alpha value is -2.28. The molecule has 4 heteroatoms. The van der Waals surface area contributed by atoms with E-state index in [1.807, 2.05) is 51.4 Å². The third kappa shape index (κ3) is 2.35. The fourth-order valence-electron chi connectivity index (χ4n) is 1.97. The van der Waals surface area contributed by atoms with Crippen LogP contribution in [0, 0.1) is 25.2 Å². The maximum absolute atomic E-state index is 9.32. The lowest BCUT2D eigenvalue weighted by atomic mass is 10.1. The van der Waals surface area contributed by atoms with E-state index in [2.05, 4.69) is 16.5 Å². The molecule has 2 aromatic rings. The summed E-state index contributed by atoms with van der Waals surface area (Å²) in [5.41, 5.74) is 3.90. The van der Waals surface area contributed by atoms with E-state index in [1.165, 1.54) is 0 Å². The summed E-state index contributed by atoms with van der Waals surface area (Å²) in [7, 11) is 1.86. The fourth-order valence-corrected chi connectivity index (χ4v) is 1.97. The van der Waals surface area contributed by atoms with Crippen LogP contribution >= 0.6 is 0 Å². The number of hydrogen-bond acceptors (Lipinski definition) is 3. The molecule has 4 nitrogen and oxygen atoms in total. The van der Waals surface area contributed by atoms with Crippen LogP contribution < -0.4 is 5.32 Å². The second-order valence-electron chi connectivity index (χ2n) is 4.36. The van der Waals surface area contributed by atoms with Crippen molar-refractivity contribution in [1.82, 2.24) is 9.78 Å². The van der Waals surface area contributed by atoms with E-state index in [1.54, 1.807) is 4.68 Å². The highest BCUT2D eigenvalue weighted by molar-refractivity contribution is 5.53. The molecule has 1 unspecified atom stereocenters. The zero-order valence-electron chi connectivity index (χ0n) is 10.8. The summed E-state index contributed by atoms with van der Waals surface area (Å²) in [6.07, 6.45) is 1.88. The normalized spacial score (nSPS) is 11.9. The SMILES string of the molecule is Cc1ccccc1NC(C#N)c1cn(C)nc1C. The van der Waals surface area contributed by atoms with E-state index in [-0.39, 0.29) is 6.04 Å². The van der Waals surface area contributed by atoms with Gasteiger partial charge in [0.25, 0.3) is 0 Å². The van der Waals surface area contributed by atoms with Crippen molar-refractivity contribution < 1.29 is 0 Å². The number of aromatic nitrogens is 2. The maximum Gasteiger partial charge on any atom is 0.143 e. The minimum Gasteiger partial charge on any atom is -0.366 e. The molecule has 0 fully saturated rings. The lowest BCUT2D eigenvalue weighted by Gasteiger charge is -2.14. The summed E-state index contributed by atoms with van der Waals surface area (Å²) < 4.78 is 1.73. The van der Waals surface area contributed by atoms with Gasteiger partial charge in [-0.2, -0.15) is 10.4 Å². The molecule has 0 saturated heterocycles. The molecule has 0 aliphatic rings. The molecular formula is C14H16N4. The van der Waals surface area contributed by atoms with Gasteiger partial charge in [0.05, 0.1) is 11.8 Å². The highest BCUT2D eigenvalue weighted by atomic mass is 15.3. The maximum atomic E-state index is 9.32. The van der Waals surface area contributed by atoms with Crippen molar-refractivity contribution in [2.24, 2.45) is 7.05 Å². The summed E-state index contributed by atoms with van der Waals surface area (Å²) in [6.45, 7) is 3.94. The monoisotopic (exact) mass is 240 g/mol. The predicted molar refractivity (Wildman–Crippen MR) is 71.1 cm³/mol. The summed E-state index contributed by atoms with van der Waals surface area (Å²) in [5.74, 6) is 0. The lowest BCUT2D eigenvalue weighted by Crippen LogP contribution is -2.09. The second-order valence-corrected chi connectivity index (χ2v) is 4.36. The van der Waals surface area contributed by atoms with Gasteiger partial charge in [0.1, 0.15) is 6.04 Å². The molecule has 92 valence electrons. The van der Waals surface area contributed by atoms with Crippen LogP contribution in [-0.2, 0) is 7.05 Å². The molecule has 0 bridgehead atoms. The Balaban J connectivity index is 2.29. The van der Waals surface area contributed by atoms with Gasteiger partial charge in [0.15, 0.2) is 0 Å². The first-order chi connectivity index (χ1) is 8.61. The molecule has 1 atom stereocenters. The molecule has 1 heterocycles. The Morgan fingerprint density at radius 1 is 1.33 bits per heavy atom. The molecule has 0 aliphatic carbocycles. The molecule has 1 aromatic carbocycles. The average molecular weight is 240 g/mol. The summed E-state index contributed by atoms with van der Waals surface area (Å²) in [4.78, 5) is 0. The molecule has 1 aromatic heterocycles. The zero-order chi connectivity index (χ0) is 13.1. The standard InChI is InChI=1S/C14H16N4/c1-10-6-4-5-7-13(10)16-14(8-15)12-9-18(3)17-11(12)2/h4-7,9,14,16H,1-3H3. The van der Waals surface area contributed by atoms with Crippen LogP contribution in [0.5, 0.6) is 0 Å². The highest BCUT2D eigenvalue weighted by Crippen LogP contribution is 2.23. The van der Waals surface area contributed by atoms with Gasteiger partial charge in [-0.3, -0.25) is 4.68 Å². The van der Waals surface area contributed by atoms with Gasteiger partial charge in [-0.15, -0.1) is 0 Å². The van der Waals surface area contributed by atoms with Gasteiger partial charge >= 0.3 is 0 Å². The molecular weight excluding hydrogens is 224 g/mol. The topological polar surface area (TPSA) is 53.6 Å². The van der Waals surface area contributed by atoms with Crippen molar-refractivity contribution in [3.63, 3.8) is 0 Å². The van der Waals surface area contributed by atoms with Crippen LogP contribution in [0.15, 0.2) is 30.5 Å². The predicted octanol–water partition coefficient (Wildman–Crippen LogP) is 2.71. The van der Waals surface area contributed by atoms with E-state index < -0.39 is 0 Å². The smallest absolute Gasteiger partial charge is 0.143 e. The van der Waals surface area contributed by atoms with Crippen molar-refractivity contribution in [1.29, 1.82) is 5.26 Å². The summed E-state index contributed by atoms with van der Waals surface area (Å²) >= 11 is 0. The Labute approximate surface area is 107 Å². The Morgan fingerprint density at radius 3 is 2.61 bits per heavy atom. The molecule has 18 heavy (non-hydrogen) atoms. The molecule has 2 rings (SSSR count). The van der Waals surface area contributed by atoms with E-state index >= 15 is 0 Å². The van der Waals surface area contributed by atoms with Crippen molar-refractivity contribution >= 4 is 5.69 Å². The first-order valence-corrected chi connectivity index (χ1v) is 5.83. The second kappa shape index (κ2) is 4.92. The fraction of sp³-hybridized carbons (Fsp3) is 0.286. The largest absolute Gasteiger partial charge is 0.366 e.